The molecule has 4 rings (SSSR count). The maximum atomic E-state index is 13.3. The molecule has 1 N–H and O–H groups in total. The van der Waals surface area contributed by atoms with Crippen molar-refractivity contribution < 1.29 is 46.1 Å². The highest BCUT2D eigenvalue weighted by atomic mass is 19.3. The first-order valence-electron chi connectivity index (χ1n) is 13.0. The zero-order valence-electron chi connectivity index (χ0n) is 22.2. The van der Waals surface area contributed by atoms with Crippen molar-refractivity contribution >= 4 is 5.97 Å². The van der Waals surface area contributed by atoms with Crippen LogP contribution in [-0.4, -0.2) is 41.3 Å². The lowest BCUT2D eigenvalue weighted by molar-refractivity contribution is -0.253. The molecule has 1 fully saturated rings. The number of nitrogens with zero attached hydrogens (tertiary/aromatic N) is 1. The Morgan fingerprint density at radius 3 is 2.67 bits per heavy atom. The largest absolute Gasteiger partial charge is 0.478 e. The van der Waals surface area contributed by atoms with Gasteiger partial charge in [-0.25, -0.2) is 9.78 Å². The first-order chi connectivity index (χ1) is 19.0. The van der Waals surface area contributed by atoms with Crippen LogP contribution in [0.3, 0.4) is 0 Å². The number of hydrogen-bond acceptors (Lipinski definition) is 6. The highest BCUT2D eigenvalue weighted by Gasteiger charge is 2.44. The zero-order valence-corrected chi connectivity index (χ0v) is 22.2. The minimum absolute atomic E-state index is 0.00293. The average molecular weight is 566 g/mol. The second kappa shape index (κ2) is 12.8. The molecule has 3 aromatic rings. The third kappa shape index (κ3) is 7.39. The smallest absolute Gasteiger partial charge is 0.461 e. The second-order valence-corrected chi connectivity index (χ2v) is 9.91. The lowest BCUT2D eigenvalue weighted by Gasteiger charge is -2.29. The number of carboxylic acid groups (broad SMARTS) is 1. The molecule has 1 heterocycles. The van der Waals surface area contributed by atoms with Crippen LogP contribution in [0.15, 0.2) is 46.9 Å². The van der Waals surface area contributed by atoms with Crippen molar-refractivity contribution in [3.63, 3.8) is 0 Å². The van der Waals surface area contributed by atoms with E-state index in [0.29, 0.717) is 34.8 Å². The van der Waals surface area contributed by atoms with E-state index in [1.807, 2.05) is 6.07 Å². The van der Waals surface area contributed by atoms with Gasteiger partial charge >= 0.3 is 18.5 Å². The third-order valence-corrected chi connectivity index (χ3v) is 6.86. The predicted molar refractivity (Wildman–Crippen MR) is 137 cm³/mol. The molecule has 0 spiro atoms. The molecule has 0 amide bonds. The van der Waals surface area contributed by atoms with Gasteiger partial charge in [-0.15, -0.1) is 0 Å². The summed E-state index contributed by atoms with van der Waals surface area (Å²) in [7, 11) is 0. The van der Waals surface area contributed by atoms with E-state index < -0.39 is 24.3 Å². The van der Waals surface area contributed by atoms with Crippen molar-refractivity contribution in [2.75, 3.05) is 6.61 Å². The molecule has 0 bridgehead atoms. The third-order valence-electron chi connectivity index (χ3n) is 6.86. The molecule has 2 atom stereocenters. The molecule has 1 unspecified atom stereocenters. The summed E-state index contributed by atoms with van der Waals surface area (Å²) in [5, 5.41) is 9.53. The summed E-state index contributed by atoms with van der Waals surface area (Å²) in [4.78, 5) is 16.0. The van der Waals surface area contributed by atoms with Crippen LogP contribution in [0.5, 0.6) is 5.75 Å². The van der Waals surface area contributed by atoms with Gasteiger partial charge in [0.05, 0.1) is 31.5 Å². The summed E-state index contributed by atoms with van der Waals surface area (Å²) in [5.41, 5.74) is 2.46. The number of hydrogen-bond donors (Lipinski definition) is 1. The molecular formula is C29H31F4NO6. The molecule has 0 saturated heterocycles. The maximum Gasteiger partial charge on any atom is 0.461 e. The molecule has 0 radical (unpaired) electrons. The molecule has 40 heavy (non-hydrogen) atoms. The summed E-state index contributed by atoms with van der Waals surface area (Å²) in [6.07, 6.45) is -4.96. The number of aryl methyl sites for hydroxylation is 2. The lowest BCUT2D eigenvalue weighted by atomic mass is 9.87. The fraction of sp³-hybridized carbons (Fsp3) is 0.448. The number of oxazole rings is 1. The number of benzene rings is 2. The summed E-state index contributed by atoms with van der Waals surface area (Å²) in [6.45, 7) is 4.33. The van der Waals surface area contributed by atoms with E-state index in [1.54, 1.807) is 32.0 Å². The Kier molecular flexibility index (Phi) is 9.47. The van der Waals surface area contributed by atoms with E-state index in [4.69, 9.17) is 13.9 Å². The summed E-state index contributed by atoms with van der Waals surface area (Å²) in [5.74, 6) is -0.534. The molecule has 2 aromatic carbocycles. The maximum absolute atomic E-state index is 13.3. The molecule has 1 aliphatic carbocycles. The van der Waals surface area contributed by atoms with Gasteiger partial charge in [-0.2, -0.15) is 17.6 Å². The van der Waals surface area contributed by atoms with Gasteiger partial charge in [-0.3, -0.25) is 0 Å². The van der Waals surface area contributed by atoms with Crippen LogP contribution < -0.4 is 4.74 Å². The normalized spacial score (nSPS) is 17.8. The Balaban J connectivity index is 1.29. The highest BCUT2D eigenvalue weighted by molar-refractivity contribution is 5.91. The van der Waals surface area contributed by atoms with Gasteiger partial charge in [0, 0.05) is 5.56 Å². The molecule has 11 heteroatoms. The van der Waals surface area contributed by atoms with Gasteiger partial charge in [0.25, 0.3) is 0 Å². The Morgan fingerprint density at radius 2 is 1.93 bits per heavy atom. The molecule has 7 nitrogen and oxygen atoms in total. The molecular weight excluding hydrogens is 534 g/mol. The Labute approximate surface area is 229 Å². The van der Waals surface area contributed by atoms with Crippen LogP contribution in [0.25, 0.3) is 11.5 Å². The predicted octanol–water partition coefficient (Wildman–Crippen LogP) is 7.19. The minimum Gasteiger partial charge on any atom is -0.478 e. The van der Waals surface area contributed by atoms with Crippen LogP contribution in [0.2, 0.25) is 0 Å². The van der Waals surface area contributed by atoms with E-state index >= 15 is 0 Å². The number of halogens is 4. The van der Waals surface area contributed by atoms with E-state index in [1.165, 1.54) is 6.07 Å². The zero-order chi connectivity index (χ0) is 28.9. The number of ether oxygens (including phenoxy) is 3. The van der Waals surface area contributed by atoms with Crippen molar-refractivity contribution in [2.45, 2.75) is 71.4 Å². The van der Waals surface area contributed by atoms with Gasteiger partial charge in [0.15, 0.2) is 0 Å². The molecule has 0 aliphatic heterocycles. The molecule has 1 aromatic heterocycles. The summed E-state index contributed by atoms with van der Waals surface area (Å²) in [6, 6.07) is 10.6. The van der Waals surface area contributed by atoms with E-state index in [2.05, 4.69) is 9.72 Å². The lowest BCUT2D eigenvalue weighted by Crippen LogP contribution is -2.33. The fourth-order valence-electron chi connectivity index (χ4n) is 4.81. The number of carboxylic acids is 1. The van der Waals surface area contributed by atoms with Crippen LogP contribution in [0, 0.1) is 19.8 Å². The number of carbonyl (C=O) groups is 1. The van der Waals surface area contributed by atoms with Crippen molar-refractivity contribution in [3.8, 4) is 17.2 Å². The number of aromatic carboxylic acids is 1. The van der Waals surface area contributed by atoms with Gasteiger partial charge in [-0.1, -0.05) is 30.7 Å². The Morgan fingerprint density at radius 1 is 1.15 bits per heavy atom. The van der Waals surface area contributed by atoms with Gasteiger partial charge in [0.1, 0.15) is 17.2 Å². The fourth-order valence-corrected chi connectivity index (χ4v) is 4.81. The molecule has 1 saturated carbocycles. The SMILES string of the molecule is Cc1cccc(CO[C@@H]2CCCC(COCc3nc(-c4cccc(OC(F)(F)C(F)F)c4)oc3C)C2)c1C(=O)O. The summed E-state index contributed by atoms with van der Waals surface area (Å²) < 4.78 is 73.3. The van der Waals surface area contributed by atoms with E-state index in [9.17, 15) is 27.5 Å². The topological polar surface area (TPSA) is 91.0 Å². The number of aromatic nitrogens is 1. The van der Waals surface area contributed by atoms with Gasteiger partial charge in [0.2, 0.25) is 5.89 Å². The Bertz CT molecular complexity index is 1310. The number of rotatable bonds is 12. The first-order valence-corrected chi connectivity index (χ1v) is 13.0. The van der Waals surface area contributed by atoms with Crippen molar-refractivity contribution in [1.82, 2.24) is 4.98 Å². The van der Waals surface area contributed by atoms with Gasteiger partial charge in [-0.05, 0) is 68.4 Å². The van der Waals surface area contributed by atoms with Crippen LogP contribution in [0.1, 0.15) is 58.6 Å². The summed E-state index contributed by atoms with van der Waals surface area (Å²) >= 11 is 0. The molecule has 1 aliphatic rings. The Hall–Kier alpha value is -3.44. The minimum atomic E-state index is -4.62. The van der Waals surface area contributed by atoms with Gasteiger partial charge < -0.3 is 23.7 Å². The van der Waals surface area contributed by atoms with Crippen LogP contribution in [0.4, 0.5) is 17.6 Å². The van der Waals surface area contributed by atoms with Crippen molar-refractivity contribution in [1.29, 1.82) is 0 Å². The number of alkyl halides is 4. The van der Waals surface area contributed by atoms with Crippen molar-refractivity contribution in [3.05, 3.63) is 70.6 Å². The van der Waals surface area contributed by atoms with E-state index in [0.717, 1.165) is 37.8 Å². The van der Waals surface area contributed by atoms with E-state index in [-0.39, 0.29) is 36.7 Å². The van der Waals surface area contributed by atoms with Crippen molar-refractivity contribution in [2.24, 2.45) is 5.92 Å². The quantitative estimate of drug-likeness (QED) is 0.233. The highest BCUT2D eigenvalue weighted by Crippen LogP contribution is 2.32. The average Bonchev–Trinajstić information content (AvgIpc) is 3.27. The first kappa shape index (κ1) is 29.5. The van der Waals surface area contributed by atoms with Crippen LogP contribution >= 0.6 is 0 Å². The standard InChI is InChI=1S/C29H31F4NO6/c1-17-6-3-9-21(25(17)27(35)36)15-38-22-10-4-7-19(12-22)14-37-16-24-18(2)39-26(34-24)20-8-5-11-23(13-20)40-29(32,33)28(30)31/h3,5-6,8-9,11,13,19,22,28H,4,7,10,12,14-16H2,1-2H3,(H,35,36)/t19?,22-/m1/s1. The monoisotopic (exact) mass is 565 g/mol. The van der Waals surface area contributed by atoms with Crippen LogP contribution in [-0.2, 0) is 22.7 Å². The second-order valence-electron chi connectivity index (χ2n) is 9.91. The molecule has 216 valence electrons.